The first-order valence-corrected chi connectivity index (χ1v) is 7.71. The third kappa shape index (κ3) is 3.28. The van der Waals surface area contributed by atoms with Crippen molar-refractivity contribution in [1.29, 1.82) is 0 Å². The second-order valence-corrected chi connectivity index (χ2v) is 5.91. The number of rotatable bonds is 3. The lowest BCUT2D eigenvalue weighted by Crippen LogP contribution is -2.29. The van der Waals surface area contributed by atoms with Crippen molar-refractivity contribution in [3.63, 3.8) is 0 Å². The fourth-order valence-electron chi connectivity index (χ4n) is 2.58. The zero-order chi connectivity index (χ0) is 15.5. The van der Waals surface area contributed by atoms with Crippen molar-refractivity contribution in [2.45, 2.75) is 25.8 Å². The molecular weight excluding hydrogens is 302 g/mol. The first kappa shape index (κ1) is 15.0. The van der Waals surface area contributed by atoms with Crippen LogP contribution in [0.4, 0.5) is 5.69 Å². The van der Waals surface area contributed by atoms with Gasteiger partial charge in [0.05, 0.1) is 12.2 Å². The number of nitrogens with zero attached hydrogens (tertiary/aromatic N) is 3. The number of aryl methyl sites for hydroxylation is 1. The Kier molecular flexibility index (Phi) is 4.40. The maximum absolute atomic E-state index is 12.3. The molecule has 1 aromatic carbocycles. The van der Waals surface area contributed by atoms with E-state index in [4.69, 9.17) is 11.6 Å². The molecule has 2 aromatic rings. The second-order valence-electron chi connectivity index (χ2n) is 5.48. The Morgan fingerprint density at radius 1 is 1.41 bits per heavy atom. The van der Waals surface area contributed by atoms with E-state index in [1.54, 1.807) is 23.0 Å². The molecule has 0 unspecified atom stereocenters. The van der Waals surface area contributed by atoms with Gasteiger partial charge >= 0.3 is 0 Å². The van der Waals surface area contributed by atoms with Crippen LogP contribution in [0.3, 0.4) is 0 Å². The van der Waals surface area contributed by atoms with Crippen molar-refractivity contribution in [1.82, 2.24) is 20.3 Å². The van der Waals surface area contributed by atoms with Crippen LogP contribution in [-0.4, -0.2) is 34.0 Å². The van der Waals surface area contributed by atoms with E-state index in [1.165, 1.54) is 0 Å². The average Bonchev–Trinajstić information content (AvgIpc) is 3.01. The maximum atomic E-state index is 12.3. The summed E-state index contributed by atoms with van der Waals surface area (Å²) in [4.78, 5) is 12.3. The lowest BCUT2D eigenvalue weighted by atomic mass is 10.1. The van der Waals surface area contributed by atoms with Crippen LogP contribution in [0.25, 0.3) is 0 Å². The van der Waals surface area contributed by atoms with Gasteiger partial charge in [0.25, 0.3) is 5.91 Å². The van der Waals surface area contributed by atoms with Crippen LogP contribution in [-0.2, 0) is 0 Å². The molecule has 0 bridgehead atoms. The number of hydrogen-bond acceptors (Lipinski definition) is 4. The Labute approximate surface area is 133 Å². The maximum Gasteiger partial charge on any atom is 0.277 e. The highest BCUT2D eigenvalue weighted by molar-refractivity contribution is 6.30. The third-order valence-corrected chi connectivity index (χ3v) is 4.10. The molecule has 0 spiro atoms. The molecule has 7 heteroatoms. The van der Waals surface area contributed by atoms with Gasteiger partial charge in [0, 0.05) is 10.7 Å². The van der Waals surface area contributed by atoms with E-state index in [1.807, 2.05) is 13.0 Å². The molecule has 1 aromatic heterocycles. The van der Waals surface area contributed by atoms with Gasteiger partial charge in [-0.3, -0.25) is 4.79 Å². The minimum absolute atomic E-state index is 0.259. The first-order valence-electron chi connectivity index (χ1n) is 7.33. The number of hydrogen-bond donors (Lipinski definition) is 2. The van der Waals surface area contributed by atoms with Crippen LogP contribution >= 0.6 is 11.6 Å². The van der Waals surface area contributed by atoms with Crippen LogP contribution in [0.5, 0.6) is 0 Å². The predicted octanol–water partition coefficient (Wildman–Crippen LogP) is 2.42. The lowest BCUT2D eigenvalue weighted by molar-refractivity contribution is 0.102. The van der Waals surface area contributed by atoms with Gasteiger partial charge < -0.3 is 10.6 Å². The summed E-state index contributed by atoms with van der Waals surface area (Å²) in [7, 11) is 0. The number of aromatic nitrogens is 3. The van der Waals surface area contributed by atoms with E-state index in [2.05, 4.69) is 20.9 Å². The SMILES string of the molecule is Cc1cc(Cl)ccc1NC(=O)c1cn(C2CCNCC2)nn1. The van der Waals surface area contributed by atoms with E-state index < -0.39 is 0 Å². The molecule has 2 N–H and O–H groups in total. The second kappa shape index (κ2) is 6.46. The minimum atomic E-state index is -0.259. The third-order valence-electron chi connectivity index (χ3n) is 3.86. The Morgan fingerprint density at radius 3 is 2.91 bits per heavy atom. The molecule has 1 fully saturated rings. The van der Waals surface area contributed by atoms with Crippen molar-refractivity contribution in [3.8, 4) is 0 Å². The number of carbonyl (C=O) groups is 1. The molecule has 0 aliphatic carbocycles. The lowest BCUT2D eigenvalue weighted by Gasteiger charge is -2.22. The van der Waals surface area contributed by atoms with Gasteiger partial charge in [0.15, 0.2) is 5.69 Å². The van der Waals surface area contributed by atoms with Gasteiger partial charge in [0.2, 0.25) is 0 Å². The Morgan fingerprint density at radius 2 is 2.18 bits per heavy atom. The number of nitrogens with one attached hydrogen (secondary N) is 2. The summed E-state index contributed by atoms with van der Waals surface area (Å²) in [6, 6.07) is 5.65. The number of benzene rings is 1. The molecule has 116 valence electrons. The van der Waals surface area contributed by atoms with Crippen LogP contribution in [0.15, 0.2) is 24.4 Å². The van der Waals surface area contributed by atoms with Crippen LogP contribution < -0.4 is 10.6 Å². The number of piperidine rings is 1. The molecule has 3 rings (SSSR count). The fraction of sp³-hybridized carbons (Fsp3) is 0.400. The number of anilines is 1. The zero-order valence-electron chi connectivity index (χ0n) is 12.3. The quantitative estimate of drug-likeness (QED) is 0.911. The van der Waals surface area contributed by atoms with E-state index >= 15 is 0 Å². The number of halogens is 1. The minimum Gasteiger partial charge on any atom is -0.320 e. The number of carbonyl (C=O) groups excluding carboxylic acids is 1. The molecule has 1 amide bonds. The van der Waals surface area contributed by atoms with E-state index in [0.717, 1.165) is 37.2 Å². The Hall–Kier alpha value is -1.92. The fourth-order valence-corrected chi connectivity index (χ4v) is 2.81. The predicted molar refractivity (Wildman–Crippen MR) is 85.3 cm³/mol. The average molecular weight is 320 g/mol. The monoisotopic (exact) mass is 319 g/mol. The Bertz CT molecular complexity index is 678. The highest BCUT2D eigenvalue weighted by Gasteiger charge is 2.19. The van der Waals surface area contributed by atoms with Crippen LogP contribution in [0.1, 0.15) is 34.9 Å². The van der Waals surface area contributed by atoms with Gasteiger partial charge in [-0.25, -0.2) is 4.68 Å². The summed E-state index contributed by atoms with van der Waals surface area (Å²) in [5.41, 5.74) is 1.96. The van der Waals surface area contributed by atoms with Gasteiger partial charge in [-0.15, -0.1) is 5.10 Å². The summed E-state index contributed by atoms with van der Waals surface area (Å²) < 4.78 is 1.80. The van der Waals surface area contributed by atoms with Gasteiger partial charge in [-0.1, -0.05) is 16.8 Å². The molecule has 0 saturated carbocycles. The van der Waals surface area contributed by atoms with Crippen molar-refractivity contribution in [3.05, 3.63) is 40.7 Å². The highest BCUT2D eigenvalue weighted by atomic mass is 35.5. The topological polar surface area (TPSA) is 71.8 Å². The molecule has 0 atom stereocenters. The van der Waals surface area contributed by atoms with Crippen LogP contribution in [0.2, 0.25) is 5.02 Å². The summed E-state index contributed by atoms with van der Waals surface area (Å²) >= 11 is 5.92. The normalized spacial score (nSPS) is 15.7. The molecule has 6 nitrogen and oxygen atoms in total. The van der Waals surface area contributed by atoms with E-state index in [-0.39, 0.29) is 5.91 Å². The highest BCUT2D eigenvalue weighted by Crippen LogP contribution is 2.21. The standard InChI is InChI=1S/C15H18ClN5O/c1-10-8-11(16)2-3-13(10)18-15(22)14-9-21(20-19-14)12-4-6-17-7-5-12/h2-3,8-9,12,17H,4-7H2,1H3,(H,18,22). The van der Waals surface area contributed by atoms with Gasteiger partial charge in [-0.05, 0) is 56.6 Å². The summed E-state index contributed by atoms with van der Waals surface area (Å²) in [5.74, 6) is -0.259. The zero-order valence-corrected chi connectivity index (χ0v) is 13.1. The molecular formula is C15H18ClN5O. The smallest absolute Gasteiger partial charge is 0.277 e. The Balaban J connectivity index is 1.71. The van der Waals surface area contributed by atoms with Gasteiger partial charge in [0.1, 0.15) is 0 Å². The largest absolute Gasteiger partial charge is 0.320 e. The molecule has 1 saturated heterocycles. The summed E-state index contributed by atoms with van der Waals surface area (Å²) in [6.45, 7) is 3.83. The summed E-state index contributed by atoms with van der Waals surface area (Å²) in [6.07, 6.45) is 3.72. The summed E-state index contributed by atoms with van der Waals surface area (Å²) in [5, 5.41) is 14.9. The first-order chi connectivity index (χ1) is 10.6. The molecule has 0 radical (unpaired) electrons. The molecule has 2 heterocycles. The van der Waals surface area contributed by atoms with Crippen LogP contribution in [0, 0.1) is 6.92 Å². The molecule has 1 aliphatic heterocycles. The van der Waals surface area contributed by atoms with Crippen molar-refractivity contribution < 1.29 is 4.79 Å². The van der Waals surface area contributed by atoms with Crippen molar-refractivity contribution in [2.75, 3.05) is 18.4 Å². The van der Waals surface area contributed by atoms with E-state index in [9.17, 15) is 4.79 Å². The number of amides is 1. The van der Waals surface area contributed by atoms with Crippen molar-refractivity contribution >= 4 is 23.2 Å². The molecule has 1 aliphatic rings. The molecule has 22 heavy (non-hydrogen) atoms. The van der Waals surface area contributed by atoms with E-state index in [0.29, 0.717) is 16.8 Å². The van der Waals surface area contributed by atoms with Gasteiger partial charge in [-0.2, -0.15) is 0 Å². The van der Waals surface area contributed by atoms with Crippen molar-refractivity contribution in [2.24, 2.45) is 0 Å².